The van der Waals surface area contributed by atoms with E-state index in [2.05, 4.69) is 20.9 Å². The molecule has 1 saturated carbocycles. The molecule has 2 atom stereocenters. The average molecular weight is 448 g/mol. The minimum absolute atomic E-state index is 0.0412. The molecule has 0 spiro atoms. The highest BCUT2D eigenvalue weighted by molar-refractivity contribution is 5.78. The number of anilines is 1. The molecule has 3 aliphatic rings. The molecule has 2 unspecified atom stereocenters. The van der Waals surface area contributed by atoms with Crippen LogP contribution in [0.5, 0.6) is 5.75 Å². The van der Waals surface area contributed by atoms with Crippen molar-refractivity contribution in [3.05, 3.63) is 47.9 Å². The van der Waals surface area contributed by atoms with E-state index in [9.17, 15) is 4.79 Å². The predicted molar refractivity (Wildman–Crippen MR) is 122 cm³/mol. The second kappa shape index (κ2) is 8.99. The van der Waals surface area contributed by atoms with Crippen LogP contribution in [0, 0.1) is 11.3 Å². The van der Waals surface area contributed by atoms with Gasteiger partial charge in [0, 0.05) is 43.1 Å². The molecule has 33 heavy (non-hydrogen) atoms. The molecule has 8 heteroatoms. The largest absolute Gasteiger partial charge is 0.492 e. The Labute approximate surface area is 194 Å². The van der Waals surface area contributed by atoms with Crippen molar-refractivity contribution >= 4 is 11.7 Å². The van der Waals surface area contributed by atoms with E-state index in [1.807, 2.05) is 30.2 Å². The second-order valence-corrected chi connectivity index (χ2v) is 9.09. The summed E-state index contributed by atoms with van der Waals surface area (Å²) in [5.41, 5.74) is 1.11. The van der Waals surface area contributed by atoms with Gasteiger partial charge in [0.15, 0.2) is 0 Å². The van der Waals surface area contributed by atoms with Gasteiger partial charge < -0.3 is 19.3 Å². The van der Waals surface area contributed by atoms with Gasteiger partial charge in [-0.05, 0) is 57.2 Å². The smallest absolute Gasteiger partial charge is 0.248 e. The van der Waals surface area contributed by atoms with Gasteiger partial charge in [-0.2, -0.15) is 5.26 Å². The van der Waals surface area contributed by atoms with Crippen LogP contribution < -0.4 is 9.64 Å². The summed E-state index contributed by atoms with van der Waals surface area (Å²) in [5.74, 6) is 1.67. The molecule has 0 aromatic carbocycles. The summed E-state index contributed by atoms with van der Waals surface area (Å²) < 4.78 is 11.9. The van der Waals surface area contributed by atoms with Crippen molar-refractivity contribution < 1.29 is 14.3 Å². The Bertz CT molecular complexity index is 1030. The Morgan fingerprint density at radius 2 is 2.00 bits per heavy atom. The number of hydrogen-bond acceptors (Lipinski definition) is 7. The lowest BCUT2D eigenvalue weighted by Crippen LogP contribution is -2.56. The van der Waals surface area contributed by atoms with E-state index in [1.54, 1.807) is 18.5 Å². The van der Waals surface area contributed by atoms with Crippen LogP contribution >= 0.6 is 0 Å². The molecule has 2 bridgehead atoms. The minimum atomic E-state index is -0.441. The number of carbonyl (C=O) groups is 1. The SMILES string of the molecule is CCOc1cncc(C2(OCC(=O)N3CC4CCC(C3)N4c3ccc(C#N)cn3)CCC2)c1. The number of rotatable bonds is 7. The fourth-order valence-electron chi connectivity index (χ4n) is 5.30. The molecule has 2 aromatic rings. The molecule has 2 saturated heterocycles. The molecule has 2 aromatic heterocycles. The maximum atomic E-state index is 13.1. The Balaban J connectivity index is 1.22. The van der Waals surface area contributed by atoms with E-state index in [0.29, 0.717) is 25.3 Å². The maximum absolute atomic E-state index is 13.1. The monoisotopic (exact) mass is 447 g/mol. The standard InChI is InChI=1S/C25H29N5O3/c1-2-32-22-10-19(13-27-14-22)25(8-3-9-25)33-17-24(31)29-15-20-5-6-21(16-29)30(20)23-7-4-18(11-26)12-28-23/h4,7,10,12-14,20-21H,2-3,5-6,8-9,15-17H2,1H3. The van der Waals surface area contributed by atoms with Crippen LogP contribution in [0.15, 0.2) is 36.8 Å². The van der Waals surface area contributed by atoms with Crippen LogP contribution in [0.25, 0.3) is 0 Å². The summed E-state index contributed by atoms with van der Waals surface area (Å²) in [6.45, 7) is 3.96. The molecular formula is C25H29N5O3. The number of pyridine rings is 2. The average Bonchev–Trinajstić information content (AvgIpc) is 3.07. The van der Waals surface area contributed by atoms with Crippen LogP contribution in [-0.2, 0) is 15.1 Å². The third kappa shape index (κ3) is 4.13. The van der Waals surface area contributed by atoms with E-state index in [0.717, 1.165) is 49.2 Å². The molecule has 8 nitrogen and oxygen atoms in total. The fourth-order valence-corrected chi connectivity index (χ4v) is 5.30. The Morgan fingerprint density at radius 1 is 1.21 bits per heavy atom. The van der Waals surface area contributed by atoms with E-state index in [4.69, 9.17) is 14.7 Å². The van der Waals surface area contributed by atoms with E-state index < -0.39 is 5.60 Å². The summed E-state index contributed by atoms with van der Waals surface area (Å²) >= 11 is 0. The number of nitrogens with zero attached hydrogens (tertiary/aromatic N) is 5. The highest BCUT2D eigenvalue weighted by atomic mass is 16.5. The highest BCUT2D eigenvalue weighted by Gasteiger charge is 2.44. The Kier molecular flexibility index (Phi) is 5.90. The van der Waals surface area contributed by atoms with Gasteiger partial charge in [-0.15, -0.1) is 0 Å². The van der Waals surface area contributed by atoms with Gasteiger partial charge in [0.05, 0.1) is 24.0 Å². The Morgan fingerprint density at radius 3 is 2.61 bits per heavy atom. The molecule has 0 N–H and O–H groups in total. The van der Waals surface area contributed by atoms with Gasteiger partial charge in [0.2, 0.25) is 5.91 Å². The van der Waals surface area contributed by atoms with Gasteiger partial charge in [-0.3, -0.25) is 9.78 Å². The van der Waals surface area contributed by atoms with Crippen molar-refractivity contribution in [3.63, 3.8) is 0 Å². The van der Waals surface area contributed by atoms with Crippen LogP contribution in [0.2, 0.25) is 0 Å². The van der Waals surface area contributed by atoms with Crippen molar-refractivity contribution in [1.29, 1.82) is 5.26 Å². The van der Waals surface area contributed by atoms with Gasteiger partial charge in [0.1, 0.15) is 24.2 Å². The zero-order valence-corrected chi connectivity index (χ0v) is 18.9. The van der Waals surface area contributed by atoms with Crippen LogP contribution in [0.4, 0.5) is 5.82 Å². The highest BCUT2D eigenvalue weighted by Crippen LogP contribution is 2.45. The number of hydrogen-bond donors (Lipinski definition) is 0. The van der Waals surface area contributed by atoms with E-state index in [1.165, 1.54) is 0 Å². The third-order valence-electron chi connectivity index (χ3n) is 7.16. The molecule has 172 valence electrons. The topological polar surface area (TPSA) is 91.6 Å². The summed E-state index contributed by atoms with van der Waals surface area (Å²) in [7, 11) is 0. The number of nitriles is 1. The minimum Gasteiger partial charge on any atom is -0.492 e. The summed E-state index contributed by atoms with van der Waals surface area (Å²) in [4.78, 5) is 26.2. The van der Waals surface area contributed by atoms with E-state index in [-0.39, 0.29) is 24.6 Å². The third-order valence-corrected chi connectivity index (χ3v) is 7.16. The fraction of sp³-hybridized carbons (Fsp3) is 0.520. The van der Waals surface area contributed by atoms with Gasteiger partial charge in [0.25, 0.3) is 0 Å². The first-order valence-electron chi connectivity index (χ1n) is 11.8. The van der Waals surface area contributed by atoms with Crippen LogP contribution in [0.1, 0.15) is 50.2 Å². The lowest BCUT2D eigenvalue weighted by atomic mass is 9.75. The molecular weight excluding hydrogens is 418 g/mol. The number of aromatic nitrogens is 2. The molecule has 1 amide bonds. The summed E-state index contributed by atoms with van der Waals surface area (Å²) in [6.07, 6.45) is 10.1. The summed E-state index contributed by atoms with van der Waals surface area (Å²) in [5, 5.41) is 9.02. The van der Waals surface area contributed by atoms with Crippen molar-refractivity contribution in [2.75, 3.05) is 31.2 Å². The molecule has 3 fully saturated rings. The zero-order chi connectivity index (χ0) is 22.8. The van der Waals surface area contributed by atoms with Crippen molar-refractivity contribution in [1.82, 2.24) is 14.9 Å². The van der Waals surface area contributed by atoms with Gasteiger partial charge >= 0.3 is 0 Å². The second-order valence-electron chi connectivity index (χ2n) is 9.09. The van der Waals surface area contributed by atoms with Gasteiger partial charge in [-0.25, -0.2) is 4.98 Å². The lowest BCUT2D eigenvalue weighted by molar-refractivity contribution is -0.154. The first-order valence-corrected chi connectivity index (χ1v) is 11.8. The summed E-state index contributed by atoms with van der Waals surface area (Å²) in [6, 6.07) is 8.32. The number of ether oxygens (including phenoxy) is 2. The van der Waals surface area contributed by atoms with Crippen molar-refractivity contribution in [2.24, 2.45) is 0 Å². The quantitative estimate of drug-likeness (QED) is 0.644. The first kappa shape index (κ1) is 21.7. The number of fused-ring (bicyclic) bond motifs is 2. The molecule has 5 rings (SSSR count). The zero-order valence-electron chi connectivity index (χ0n) is 18.9. The maximum Gasteiger partial charge on any atom is 0.248 e. The number of amides is 1. The molecule has 0 radical (unpaired) electrons. The number of piperazine rings is 1. The van der Waals surface area contributed by atoms with Crippen LogP contribution in [0.3, 0.4) is 0 Å². The lowest BCUT2D eigenvalue weighted by Gasteiger charge is -2.44. The van der Waals surface area contributed by atoms with Gasteiger partial charge in [-0.1, -0.05) is 0 Å². The van der Waals surface area contributed by atoms with Crippen molar-refractivity contribution in [3.8, 4) is 11.8 Å². The number of likely N-dealkylation sites (tertiary alicyclic amines) is 1. The Hall–Kier alpha value is -3.18. The predicted octanol–water partition coefficient (Wildman–Crippen LogP) is 3.02. The normalized spacial score (nSPS) is 23.0. The molecule has 1 aliphatic carbocycles. The van der Waals surface area contributed by atoms with Crippen molar-refractivity contribution in [2.45, 2.75) is 56.7 Å². The molecule has 2 aliphatic heterocycles. The molecule has 4 heterocycles. The number of carbonyl (C=O) groups excluding carboxylic acids is 1. The first-order chi connectivity index (χ1) is 16.1. The van der Waals surface area contributed by atoms with Crippen LogP contribution in [-0.4, -0.2) is 59.2 Å². The van der Waals surface area contributed by atoms with E-state index >= 15 is 0 Å².